The van der Waals surface area contributed by atoms with E-state index in [1.54, 1.807) is 0 Å². The van der Waals surface area contributed by atoms with Gasteiger partial charge in [-0.25, -0.2) is 0 Å². The molecule has 0 heterocycles. The Morgan fingerprint density at radius 3 is 1.75 bits per heavy atom. The summed E-state index contributed by atoms with van der Waals surface area (Å²) in [5.74, 6) is 0. The van der Waals surface area contributed by atoms with Crippen LogP contribution >= 0.6 is 11.6 Å². The second kappa shape index (κ2) is 9.41. The molecule has 0 aliphatic rings. The maximum Gasteiger partial charge on any atom is 1.00 e. The van der Waals surface area contributed by atoms with Gasteiger partial charge in [0.2, 0.25) is 0 Å². The molecule has 0 saturated heterocycles. The summed E-state index contributed by atoms with van der Waals surface area (Å²) < 4.78 is 0. The Labute approximate surface area is 43.6 Å². The standard InChI is InChI=1S/C2H2Cl.Ru/c1-2-3;/h1H2;/q-1;+1. The van der Waals surface area contributed by atoms with Crippen molar-refractivity contribution in [3.63, 3.8) is 0 Å². The van der Waals surface area contributed by atoms with Gasteiger partial charge >= 0.3 is 19.5 Å². The Morgan fingerprint density at radius 2 is 1.75 bits per heavy atom. The number of rotatable bonds is 0. The molecule has 0 amide bonds. The molecule has 2 heteroatoms. The van der Waals surface area contributed by atoms with E-state index < -0.39 is 0 Å². The van der Waals surface area contributed by atoms with Crippen LogP contribution in [-0.2, 0) is 19.5 Å². The first kappa shape index (κ1) is 8.82. The summed E-state index contributed by atoms with van der Waals surface area (Å²) in [6, 6.07) is 0. The van der Waals surface area contributed by atoms with Crippen molar-refractivity contribution in [2.24, 2.45) is 0 Å². The van der Waals surface area contributed by atoms with Gasteiger partial charge in [0.25, 0.3) is 0 Å². The summed E-state index contributed by atoms with van der Waals surface area (Å²) in [4.78, 5) is 0. The van der Waals surface area contributed by atoms with Crippen LogP contribution in [-0.4, -0.2) is 0 Å². The Hall–Kier alpha value is 0.653. The third kappa shape index (κ3) is 17.0. The van der Waals surface area contributed by atoms with Crippen LogP contribution in [0.2, 0.25) is 0 Å². The van der Waals surface area contributed by atoms with Crippen LogP contribution in [0.15, 0.2) is 6.58 Å². The van der Waals surface area contributed by atoms with E-state index in [-0.39, 0.29) is 19.5 Å². The molecule has 0 unspecified atom stereocenters. The largest absolute Gasteiger partial charge is 1.00 e. The average Bonchev–Trinajstić information content (AvgIpc) is 0.918. The van der Waals surface area contributed by atoms with E-state index in [0.717, 1.165) is 0 Å². The van der Waals surface area contributed by atoms with Crippen molar-refractivity contribution in [3.05, 3.63) is 12.1 Å². The quantitative estimate of drug-likeness (QED) is 0.371. The van der Waals surface area contributed by atoms with Crippen LogP contribution in [0.4, 0.5) is 0 Å². The zero-order chi connectivity index (χ0) is 2.71. The molecular weight excluding hydrogens is 161 g/mol. The van der Waals surface area contributed by atoms with E-state index in [4.69, 9.17) is 0 Å². The molecule has 0 N–H and O–H groups in total. The molecule has 0 atom stereocenters. The molecule has 0 aliphatic heterocycles. The maximum absolute atomic E-state index is 4.64. The zero-order valence-corrected chi connectivity index (χ0v) is 4.43. The molecule has 1 radical (unpaired) electrons. The molecular formula is C2H2ClRu. The second-order valence-electron chi connectivity index (χ2n) is 0.134. The topological polar surface area (TPSA) is 0 Å². The van der Waals surface area contributed by atoms with Gasteiger partial charge in [0, 0.05) is 0 Å². The van der Waals surface area contributed by atoms with Crippen molar-refractivity contribution in [1.29, 1.82) is 0 Å². The number of halogens is 1. The number of hydrogen-bond donors (Lipinski definition) is 0. The van der Waals surface area contributed by atoms with Crippen molar-refractivity contribution in [2.75, 3.05) is 0 Å². The van der Waals surface area contributed by atoms with Crippen molar-refractivity contribution < 1.29 is 19.5 Å². The van der Waals surface area contributed by atoms with Crippen molar-refractivity contribution in [3.8, 4) is 0 Å². The smallest absolute Gasteiger partial charge is 0.406 e. The first-order valence-corrected chi connectivity index (χ1v) is 0.921. The SMILES string of the molecule is C=[C-]Cl.[Ru+]. The van der Waals surface area contributed by atoms with E-state index in [1.807, 2.05) is 5.54 Å². The molecule has 0 aromatic rings. The fourth-order valence-electron chi connectivity index (χ4n) is 0. The summed E-state index contributed by atoms with van der Waals surface area (Å²) in [5.41, 5.74) is 1.97. The zero-order valence-electron chi connectivity index (χ0n) is 1.94. The minimum atomic E-state index is 0. The van der Waals surface area contributed by atoms with Crippen molar-refractivity contribution in [1.82, 2.24) is 0 Å². The van der Waals surface area contributed by atoms with Crippen molar-refractivity contribution >= 4 is 11.6 Å². The summed E-state index contributed by atoms with van der Waals surface area (Å²) in [6.45, 7) is 3.00. The molecule has 0 nitrogen and oxygen atoms in total. The van der Waals surface area contributed by atoms with Gasteiger partial charge in [-0.15, -0.1) is 0 Å². The van der Waals surface area contributed by atoms with Crippen LogP contribution in [0.5, 0.6) is 0 Å². The minimum absolute atomic E-state index is 0. The third-order valence-corrected chi connectivity index (χ3v) is 0. The van der Waals surface area contributed by atoms with Gasteiger partial charge in [0.15, 0.2) is 0 Å². The van der Waals surface area contributed by atoms with E-state index >= 15 is 0 Å². The molecule has 0 saturated carbocycles. The first-order valence-electron chi connectivity index (χ1n) is 0.543. The molecule has 0 aromatic heterocycles. The van der Waals surface area contributed by atoms with Crippen LogP contribution in [0.25, 0.3) is 0 Å². The van der Waals surface area contributed by atoms with Crippen LogP contribution < -0.4 is 0 Å². The van der Waals surface area contributed by atoms with Gasteiger partial charge in [-0.1, -0.05) is 0 Å². The van der Waals surface area contributed by atoms with Gasteiger partial charge in [0.05, 0.1) is 0 Å². The van der Waals surface area contributed by atoms with Crippen molar-refractivity contribution in [2.45, 2.75) is 0 Å². The summed E-state index contributed by atoms with van der Waals surface area (Å²) >= 11 is 4.64. The maximum atomic E-state index is 4.64. The van der Waals surface area contributed by atoms with Crippen LogP contribution in [0.3, 0.4) is 0 Å². The normalized spacial score (nSPS) is 3.25. The monoisotopic (exact) mass is 163 g/mol. The summed E-state index contributed by atoms with van der Waals surface area (Å²) in [7, 11) is 0. The average molecular weight is 163 g/mol. The van der Waals surface area contributed by atoms with Gasteiger partial charge in [-0.2, -0.15) is 0 Å². The van der Waals surface area contributed by atoms with Gasteiger partial charge in [-0.3, -0.25) is 6.58 Å². The van der Waals surface area contributed by atoms with Gasteiger partial charge < -0.3 is 17.1 Å². The van der Waals surface area contributed by atoms with Gasteiger partial charge in [-0.05, 0) is 0 Å². The first-order chi connectivity index (χ1) is 1.41. The predicted octanol–water partition coefficient (Wildman–Crippen LogP) is 1.17. The summed E-state index contributed by atoms with van der Waals surface area (Å²) in [6.07, 6.45) is 0. The Kier molecular flexibility index (Phi) is 20.8. The predicted molar refractivity (Wildman–Crippen MR) is 14.7 cm³/mol. The molecule has 0 rings (SSSR count). The molecule has 0 fully saturated rings. The third-order valence-electron chi connectivity index (χ3n) is 0. The molecule has 0 aromatic carbocycles. The molecule has 4 heavy (non-hydrogen) atoms. The van der Waals surface area contributed by atoms with Gasteiger partial charge in [0.1, 0.15) is 0 Å². The van der Waals surface area contributed by atoms with E-state index in [0.29, 0.717) is 0 Å². The Balaban J connectivity index is 0. The minimum Gasteiger partial charge on any atom is -0.406 e. The Morgan fingerprint density at radius 1 is 1.75 bits per heavy atom. The molecule has 0 spiro atoms. The summed E-state index contributed by atoms with van der Waals surface area (Å²) in [5, 5.41) is 0. The molecule has 0 bridgehead atoms. The fraction of sp³-hybridized carbons (Fsp3) is 0. The second-order valence-corrected chi connectivity index (χ2v) is 0.401. The molecule has 25 valence electrons. The Bertz CT molecular complexity index is 13.5. The fourth-order valence-corrected chi connectivity index (χ4v) is 0. The number of hydrogen-bond acceptors (Lipinski definition) is 0. The molecule has 0 aliphatic carbocycles. The van der Waals surface area contributed by atoms with E-state index in [1.165, 1.54) is 0 Å². The van der Waals surface area contributed by atoms with E-state index in [9.17, 15) is 0 Å². The van der Waals surface area contributed by atoms with E-state index in [2.05, 4.69) is 18.2 Å². The van der Waals surface area contributed by atoms with Crippen LogP contribution in [0, 0.1) is 5.54 Å². The van der Waals surface area contributed by atoms with Crippen LogP contribution in [0.1, 0.15) is 0 Å².